The molecule has 3 nitrogen and oxygen atoms in total. The van der Waals surface area contributed by atoms with E-state index in [0.29, 0.717) is 18.4 Å². The SMILES string of the molecule is CCCOc1ccc(OCCSC(C)CN)cc1. The van der Waals surface area contributed by atoms with E-state index in [-0.39, 0.29) is 0 Å². The topological polar surface area (TPSA) is 44.5 Å². The van der Waals surface area contributed by atoms with Crippen LogP contribution in [0, 0.1) is 0 Å². The van der Waals surface area contributed by atoms with Crippen LogP contribution in [0.2, 0.25) is 0 Å². The number of rotatable bonds is 9. The molecule has 0 fully saturated rings. The predicted molar refractivity (Wildman–Crippen MR) is 78.7 cm³/mol. The summed E-state index contributed by atoms with van der Waals surface area (Å²) in [5.74, 6) is 2.75. The van der Waals surface area contributed by atoms with Gasteiger partial charge in [-0.05, 0) is 30.7 Å². The summed E-state index contributed by atoms with van der Waals surface area (Å²) >= 11 is 1.84. The van der Waals surface area contributed by atoms with Gasteiger partial charge in [0.25, 0.3) is 0 Å². The molecule has 18 heavy (non-hydrogen) atoms. The lowest BCUT2D eigenvalue weighted by molar-refractivity contribution is 0.314. The fourth-order valence-corrected chi connectivity index (χ4v) is 2.05. The number of hydrogen-bond acceptors (Lipinski definition) is 4. The molecular weight excluding hydrogens is 246 g/mol. The second-order valence-corrected chi connectivity index (χ2v) is 5.63. The average Bonchev–Trinajstić information content (AvgIpc) is 2.42. The van der Waals surface area contributed by atoms with Crippen molar-refractivity contribution in [3.63, 3.8) is 0 Å². The molecule has 0 saturated carbocycles. The molecule has 0 spiro atoms. The standard InChI is InChI=1S/C14H23NO2S/c1-3-8-16-13-4-6-14(7-5-13)17-9-10-18-12(2)11-15/h4-7,12H,3,8-11,15H2,1-2H3. The van der Waals surface area contributed by atoms with E-state index >= 15 is 0 Å². The minimum atomic E-state index is 0.499. The minimum Gasteiger partial charge on any atom is -0.494 e. The highest BCUT2D eigenvalue weighted by atomic mass is 32.2. The lowest BCUT2D eigenvalue weighted by Crippen LogP contribution is -2.14. The molecule has 102 valence electrons. The number of benzene rings is 1. The maximum Gasteiger partial charge on any atom is 0.119 e. The van der Waals surface area contributed by atoms with Crippen molar-refractivity contribution < 1.29 is 9.47 Å². The molecule has 0 heterocycles. The fraction of sp³-hybridized carbons (Fsp3) is 0.571. The number of nitrogens with two attached hydrogens (primary N) is 1. The highest BCUT2D eigenvalue weighted by Gasteiger charge is 2.00. The first kappa shape index (κ1) is 15.2. The average molecular weight is 269 g/mol. The van der Waals surface area contributed by atoms with E-state index in [1.54, 1.807) is 0 Å². The third-order valence-corrected chi connectivity index (χ3v) is 3.55. The summed E-state index contributed by atoms with van der Waals surface area (Å²) in [4.78, 5) is 0. The minimum absolute atomic E-state index is 0.499. The maximum absolute atomic E-state index is 5.64. The number of ether oxygens (including phenoxy) is 2. The number of hydrogen-bond donors (Lipinski definition) is 1. The quantitative estimate of drug-likeness (QED) is 0.700. The van der Waals surface area contributed by atoms with Crippen LogP contribution in [0.25, 0.3) is 0 Å². The summed E-state index contributed by atoms with van der Waals surface area (Å²) in [5.41, 5.74) is 5.55. The first-order chi connectivity index (χ1) is 8.76. The number of thioether (sulfide) groups is 1. The third kappa shape index (κ3) is 6.17. The van der Waals surface area contributed by atoms with E-state index in [2.05, 4.69) is 13.8 Å². The van der Waals surface area contributed by atoms with Crippen molar-refractivity contribution in [3.8, 4) is 11.5 Å². The summed E-state index contributed by atoms with van der Waals surface area (Å²) in [6.07, 6.45) is 1.02. The van der Waals surface area contributed by atoms with Gasteiger partial charge in [-0.15, -0.1) is 0 Å². The molecule has 1 unspecified atom stereocenters. The van der Waals surface area contributed by atoms with Gasteiger partial charge in [0.05, 0.1) is 13.2 Å². The molecule has 4 heteroatoms. The molecule has 0 aliphatic heterocycles. The van der Waals surface area contributed by atoms with Crippen LogP contribution in [-0.2, 0) is 0 Å². The van der Waals surface area contributed by atoms with Crippen LogP contribution >= 0.6 is 11.8 Å². The summed E-state index contributed by atoms with van der Waals surface area (Å²) < 4.78 is 11.2. The van der Waals surface area contributed by atoms with Gasteiger partial charge in [0.15, 0.2) is 0 Å². The molecule has 0 radical (unpaired) electrons. The molecule has 0 aromatic heterocycles. The Morgan fingerprint density at radius 3 is 2.17 bits per heavy atom. The van der Waals surface area contributed by atoms with Gasteiger partial charge in [0.2, 0.25) is 0 Å². The van der Waals surface area contributed by atoms with Crippen molar-refractivity contribution in [2.24, 2.45) is 5.73 Å². The Morgan fingerprint density at radius 1 is 1.11 bits per heavy atom. The Labute approximate surface area is 114 Å². The molecule has 2 N–H and O–H groups in total. The van der Waals surface area contributed by atoms with Crippen LogP contribution in [0.15, 0.2) is 24.3 Å². The van der Waals surface area contributed by atoms with E-state index in [1.165, 1.54) is 0 Å². The van der Waals surface area contributed by atoms with Gasteiger partial charge in [-0.1, -0.05) is 13.8 Å². The first-order valence-corrected chi connectivity index (χ1v) is 7.48. The Bertz CT molecular complexity index is 316. The molecule has 1 rings (SSSR count). The summed E-state index contributed by atoms with van der Waals surface area (Å²) in [5, 5.41) is 0.499. The van der Waals surface area contributed by atoms with Crippen LogP contribution in [0.1, 0.15) is 20.3 Å². The van der Waals surface area contributed by atoms with Crippen molar-refractivity contribution in [1.29, 1.82) is 0 Å². The summed E-state index contributed by atoms with van der Waals surface area (Å²) in [6.45, 7) is 6.41. The zero-order chi connectivity index (χ0) is 13.2. The zero-order valence-electron chi connectivity index (χ0n) is 11.2. The van der Waals surface area contributed by atoms with Crippen LogP contribution in [0.3, 0.4) is 0 Å². The third-order valence-electron chi connectivity index (χ3n) is 2.38. The molecule has 0 aliphatic rings. The fourth-order valence-electron chi connectivity index (χ4n) is 1.33. The summed E-state index contributed by atoms with van der Waals surface area (Å²) in [7, 11) is 0. The normalized spacial score (nSPS) is 12.2. The van der Waals surface area contributed by atoms with Gasteiger partial charge in [-0.3, -0.25) is 0 Å². The van der Waals surface area contributed by atoms with Gasteiger partial charge < -0.3 is 15.2 Å². The largest absolute Gasteiger partial charge is 0.494 e. The van der Waals surface area contributed by atoms with Crippen LogP contribution in [0.5, 0.6) is 11.5 Å². The van der Waals surface area contributed by atoms with E-state index in [1.807, 2.05) is 36.0 Å². The van der Waals surface area contributed by atoms with E-state index in [0.717, 1.165) is 30.3 Å². The van der Waals surface area contributed by atoms with Crippen LogP contribution in [0.4, 0.5) is 0 Å². The molecule has 1 aromatic carbocycles. The molecule has 1 atom stereocenters. The first-order valence-electron chi connectivity index (χ1n) is 6.43. The van der Waals surface area contributed by atoms with E-state index in [9.17, 15) is 0 Å². The van der Waals surface area contributed by atoms with Gasteiger partial charge >= 0.3 is 0 Å². The van der Waals surface area contributed by atoms with Crippen LogP contribution in [-0.4, -0.2) is 30.8 Å². The molecule has 1 aromatic rings. The Morgan fingerprint density at radius 2 is 1.67 bits per heavy atom. The summed E-state index contributed by atoms with van der Waals surface area (Å²) in [6, 6.07) is 7.78. The Hall–Kier alpha value is -0.870. The van der Waals surface area contributed by atoms with Gasteiger partial charge in [-0.2, -0.15) is 11.8 Å². The molecule has 0 amide bonds. The highest BCUT2D eigenvalue weighted by Crippen LogP contribution is 2.18. The maximum atomic E-state index is 5.64. The van der Waals surface area contributed by atoms with Crippen molar-refractivity contribution in [1.82, 2.24) is 0 Å². The van der Waals surface area contributed by atoms with Gasteiger partial charge in [-0.25, -0.2) is 0 Å². The Balaban J connectivity index is 2.22. The second kappa shape index (κ2) is 9.11. The molecule has 0 bridgehead atoms. The van der Waals surface area contributed by atoms with Crippen molar-refractivity contribution >= 4 is 11.8 Å². The van der Waals surface area contributed by atoms with Gasteiger partial charge in [0.1, 0.15) is 11.5 Å². The lowest BCUT2D eigenvalue weighted by atomic mass is 10.3. The van der Waals surface area contributed by atoms with Crippen molar-refractivity contribution in [3.05, 3.63) is 24.3 Å². The highest BCUT2D eigenvalue weighted by molar-refractivity contribution is 7.99. The smallest absolute Gasteiger partial charge is 0.119 e. The second-order valence-electron chi connectivity index (χ2n) is 4.09. The van der Waals surface area contributed by atoms with E-state index < -0.39 is 0 Å². The van der Waals surface area contributed by atoms with Crippen LogP contribution < -0.4 is 15.2 Å². The predicted octanol–water partition coefficient (Wildman–Crippen LogP) is 2.93. The van der Waals surface area contributed by atoms with Gasteiger partial charge in [0, 0.05) is 17.5 Å². The lowest BCUT2D eigenvalue weighted by Gasteiger charge is -2.10. The van der Waals surface area contributed by atoms with Crippen molar-refractivity contribution in [2.75, 3.05) is 25.5 Å². The zero-order valence-corrected chi connectivity index (χ0v) is 12.0. The Kier molecular flexibility index (Phi) is 7.69. The molecular formula is C14H23NO2S. The molecule has 0 saturated heterocycles. The molecule has 0 aliphatic carbocycles. The monoisotopic (exact) mass is 269 g/mol. The van der Waals surface area contributed by atoms with E-state index in [4.69, 9.17) is 15.2 Å². The van der Waals surface area contributed by atoms with Crippen molar-refractivity contribution in [2.45, 2.75) is 25.5 Å².